The van der Waals surface area contributed by atoms with Crippen LogP contribution in [0.5, 0.6) is 0 Å². The predicted molar refractivity (Wildman–Crippen MR) is 70.0 cm³/mol. The number of aliphatic hydroxyl groups excluding tert-OH is 1. The first-order valence-corrected chi connectivity index (χ1v) is 6.51. The first kappa shape index (κ1) is 17.2. The topological polar surface area (TPSA) is 131 Å². The SMILES string of the molecule is CC(=O)OCC1OC(C)C(CN=[N+]=[N-])C(OC(C)=O)C1O. The van der Waals surface area contributed by atoms with Gasteiger partial charge in [0.25, 0.3) is 0 Å². The van der Waals surface area contributed by atoms with Crippen LogP contribution in [0.2, 0.25) is 0 Å². The minimum Gasteiger partial charge on any atom is -0.463 e. The van der Waals surface area contributed by atoms with Gasteiger partial charge in [-0.2, -0.15) is 0 Å². The van der Waals surface area contributed by atoms with E-state index >= 15 is 0 Å². The summed E-state index contributed by atoms with van der Waals surface area (Å²) in [5.41, 5.74) is 8.40. The molecule has 5 atom stereocenters. The van der Waals surface area contributed by atoms with E-state index in [2.05, 4.69) is 10.0 Å². The van der Waals surface area contributed by atoms with Gasteiger partial charge in [-0.05, 0) is 12.5 Å². The van der Waals surface area contributed by atoms with Gasteiger partial charge in [-0.25, -0.2) is 0 Å². The number of carbonyl (C=O) groups is 2. The molecule has 0 spiro atoms. The highest BCUT2D eigenvalue weighted by molar-refractivity contribution is 5.66. The van der Waals surface area contributed by atoms with Crippen molar-refractivity contribution in [3.8, 4) is 0 Å². The first-order chi connectivity index (χ1) is 9.86. The molecule has 0 aromatic heterocycles. The minimum absolute atomic E-state index is 0.0208. The molecule has 1 aliphatic rings. The Hall–Kier alpha value is -1.83. The van der Waals surface area contributed by atoms with Crippen LogP contribution in [-0.2, 0) is 23.8 Å². The molecule has 0 bridgehead atoms. The second-order valence-electron chi connectivity index (χ2n) is 4.82. The maximum atomic E-state index is 11.2. The number of nitrogens with zero attached hydrogens (tertiary/aromatic N) is 3. The lowest BCUT2D eigenvalue weighted by Crippen LogP contribution is -2.57. The fraction of sp³-hybridized carbons (Fsp3) is 0.833. The lowest BCUT2D eigenvalue weighted by molar-refractivity contribution is -0.219. The van der Waals surface area contributed by atoms with Gasteiger partial charge >= 0.3 is 11.9 Å². The van der Waals surface area contributed by atoms with Crippen LogP contribution in [0.3, 0.4) is 0 Å². The average Bonchev–Trinajstić information content (AvgIpc) is 2.39. The number of azide groups is 1. The summed E-state index contributed by atoms with van der Waals surface area (Å²) < 4.78 is 15.5. The third-order valence-electron chi connectivity index (χ3n) is 3.24. The number of hydrogen-bond donors (Lipinski definition) is 1. The Labute approximate surface area is 121 Å². The Morgan fingerprint density at radius 2 is 2.05 bits per heavy atom. The molecule has 9 heteroatoms. The van der Waals surface area contributed by atoms with Crippen molar-refractivity contribution >= 4 is 11.9 Å². The standard InChI is InChI=1S/C12H19N3O6/c1-6-9(4-14-15-13)12(21-8(3)17)11(18)10(20-6)5-19-7(2)16/h6,9-12,18H,4-5H2,1-3H3. The minimum atomic E-state index is -1.18. The molecule has 1 N–H and O–H groups in total. The molecular weight excluding hydrogens is 282 g/mol. The summed E-state index contributed by atoms with van der Waals surface area (Å²) in [5.74, 6) is -1.54. The van der Waals surface area contributed by atoms with Crippen molar-refractivity contribution in [2.45, 2.75) is 45.2 Å². The highest BCUT2D eigenvalue weighted by Gasteiger charge is 2.45. The number of hydrogen-bond acceptors (Lipinski definition) is 7. The Morgan fingerprint density at radius 1 is 1.38 bits per heavy atom. The van der Waals surface area contributed by atoms with Crippen molar-refractivity contribution in [2.24, 2.45) is 11.0 Å². The number of ether oxygens (including phenoxy) is 3. The van der Waals surface area contributed by atoms with Gasteiger partial charge in [0.15, 0.2) is 0 Å². The van der Waals surface area contributed by atoms with Gasteiger partial charge in [-0.1, -0.05) is 5.11 Å². The van der Waals surface area contributed by atoms with Gasteiger partial charge in [0.05, 0.1) is 6.10 Å². The van der Waals surface area contributed by atoms with Crippen LogP contribution in [0, 0.1) is 5.92 Å². The predicted octanol–water partition coefficient (Wildman–Crippen LogP) is 0.556. The molecule has 9 nitrogen and oxygen atoms in total. The molecule has 1 saturated heterocycles. The van der Waals surface area contributed by atoms with Gasteiger partial charge in [0.2, 0.25) is 0 Å². The molecule has 0 aliphatic carbocycles. The third kappa shape index (κ3) is 4.89. The molecule has 1 aliphatic heterocycles. The van der Waals surface area contributed by atoms with Crippen molar-refractivity contribution < 1.29 is 28.9 Å². The van der Waals surface area contributed by atoms with Crippen LogP contribution in [0.25, 0.3) is 10.4 Å². The molecule has 5 unspecified atom stereocenters. The maximum Gasteiger partial charge on any atom is 0.303 e. The molecule has 1 rings (SSSR count). The van der Waals surface area contributed by atoms with E-state index in [1.807, 2.05) is 0 Å². The Balaban J connectivity index is 2.86. The van der Waals surface area contributed by atoms with E-state index in [4.69, 9.17) is 19.7 Å². The highest BCUT2D eigenvalue weighted by atomic mass is 16.6. The van der Waals surface area contributed by atoms with Crippen LogP contribution < -0.4 is 0 Å². The lowest BCUT2D eigenvalue weighted by atomic mass is 9.87. The van der Waals surface area contributed by atoms with Gasteiger partial charge in [-0.3, -0.25) is 9.59 Å². The van der Waals surface area contributed by atoms with Gasteiger partial charge in [-0.15, -0.1) is 0 Å². The molecule has 0 radical (unpaired) electrons. The largest absolute Gasteiger partial charge is 0.463 e. The zero-order chi connectivity index (χ0) is 16.0. The smallest absolute Gasteiger partial charge is 0.303 e. The van der Waals surface area contributed by atoms with Crippen molar-refractivity contribution in [1.29, 1.82) is 0 Å². The van der Waals surface area contributed by atoms with Crippen molar-refractivity contribution in [2.75, 3.05) is 13.2 Å². The maximum absolute atomic E-state index is 11.2. The lowest BCUT2D eigenvalue weighted by Gasteiger charge is -2.42. The summed E-state index contributed by atoms with van der Waals surface area (Å²) >= 11 is 0. The monoisotopic (exact) mass is 301 g/mol. The van der Waals surface area contributed by atoms with Crippen LogP contribution in [0.4, 0.5) is 0 Å². The molecule has 118 valence electrons. The molecule has 0 aromatic rings. The fourth-order valence-electron chi connectivity index (χ4n) is 2.26. The van der Waals surface area contributed by atoms with E-state index in [1.165, 1.54) is 13.8 Å². The summed E-state index contributed by atoms with van der Waals surface area (Å²) in [6, 6.07) is 0. The van der Waals surface area contributed by atoms with E-state index < -0.39 is 42.3 Å². The Morgan fingerprint density at radius 3 is 2.57 bits per heavy atom. The summed E-state index contributed by atoms with van der Waals surface area (Å²) in [5, 5.41) is 13.7. The summed E-state index contributed by atoms with van der Waals surface area (Å²) in [7, 11) is 0. The van der Waals surface area contributed by atoms with Gasteiger partial charge < -0.3 is 19.3 Å². The van der Waals surface area contributed by atoms with E-state index in [9.17, 15) is 14.7 Å². The van der Waals surface area contributed by atoms with Crippen LogP contribution in [-0.4, -0.2) is 54.6 Å². The molecule has 0 aromatic carbocycles. The van der Waals surface area contributed by atoms with Crippen molar-refractivity contribution in [3.05, 3.63) is 10.4 Å². The first-order valence-electron chi connectivity index (χ1n) is 6.51. The third-order valence-corrected chi connectivity index (χ3v) is 3.24. The highest BCUT2D eigenvalue weighted by Crippen LogP contribution is 2.29. The average molecular weight is 301 g/mol. The molecular formula is C12H19N3O6. The van der Waals surface area contributed by atoms with Crippen molar-refractivity contribution in [1.82, 2.24) is 0 Å². The number of carbonyl (C=O) groups excluding carboxylic acids is 2. The summed E-state index contributed by atoms with van der Waals surface area (Å²) in [6.45, 7) is 4.05. The van der Waals surface area contributed by atoms with E-state index in [0.29, 0.717) is 0 Å². The van der Waals surface area contributed by atoms with Crippen molar-refractivity contribution in [3.63, 3.8) is 0 Å². The summed E-state index contributed by atoms with van der Waals surface area (Å²) in [6.07, 6.45) is -3.32. The van der Waals surface area contributed by atoms with E-state index in [1.54, 1.807) is 6.92 Å². The van der Waals surface area contributed by atoms with Crippen LogP contribution in [0.1, 0.15) is 20.8 Å². The Kier molecular flexibility index (Phi) is 6.41. The molecule has 21 heavy (non-hydrogen) atoms. The summed E-state index contributed by atoms with van der Waals surface area (Å²) in [4.78, 5) is 24.7. The van der Waals surface area contributed by atoms with E-state index in [0.717, 1.165) is 0 Å². The number of rotatable bonds is 5. The molecule has 1 heterocycles. The van der Waals surface area contributed by atoms with Crippen LogP contribution in [0.15, 0.2) is 5.11 Å². The second kappa shape index (κ2) is 7.82. The number of esters is 2. The molecule has 0 saturated carbocycles. The Bertz CT molecular complexity index is 437. The zero-order valence-corrected chi connectivity index (χ0v) is 12.1. The molecule has 0 amide bonds. The zero-order valence-electron chi connectivity index (χ0n) is 12.1. The van der Waals surface area contributed by atoms with Gasteiger partial charge in [0.1, 0.15) is 24.9 Å². The van der Waals surface area contributed by atoms with Crippen LogP contribution >= 0.6 is 0 Å². The normalized spacial score (nSPS) is 31.9. The quantitative estimate of drug-likeness (QED) is 0.341. The van der Waals surface area contributed by atoms with E-state index in [-0.39, 0.29) is 13.2 Å². The fourth-order valence-corrected chi connectivity index (χ4v) is 2.26. The molecule has 1 fully saturated rings. The second-order valence-corrected chi connectivity index (χ2v) is 4.82. The number of aliphatic hydroxyl groups is 1. The van der Waals surface area contributed by atoms with Gasteiger partial charge in [0, 0.05) is 31.2 Å².